The fourth-order valence-electron chi connectivity index (χ4n) is 2.78. The number of carbonyl (C=O) groups excluding carboxylic acids is 1. The van der Waals surface area contributed by atoms with E-state index in [2.05, 4.69) is 0 Å². The van der Waals surface area contributed by atoms with Crippen molar-refractivity contribution >= 4 is 17.7 Å². The standard InChI is InChI=1S/C14H19N3O4/c1-15(2)7-12-6-13(19)8-16(12)11-3-4-14(17(20)21)10(5-11)9-18/h3-5,9,12-13,19H,6-8H2,1-2H3. The van der Waals surface area contributed by atoms with Crippen LogP contribution in [0.15, 0.2) is 18.2 Å². The highest BCUT2D eigenvalue weighted by Gasteiger charge is 2.32. The molecule has 1 saturated heterocycles. The molecule has 1 fully saturated rings. The van der Waals surface area contributed by atoms with E-state index in [0.29, 0.717) is 19.3 Å². The van der Waals surface area contributed by atoms with Crippen LogP contribution in [-0.4, -0.2) is 60.5 Å². The van der Waals surface area contributed by atoms with E-state index >= 15 is 0 Å². The van der Waals surface area contributed by atoms with E-state index in [-0.39, 0.29) is 17.3 Å². The summed E-state index contributed by atoms with van der Waals surface area (Å²) in [7, 11) is 3.91. The van der Waals surface area contributed by atoms with Crippen molar-refractivity contribution in [3.05, 3.63) is 33.9 Å². The number of likely N-dealkylation sites (N-methyl/N-ethyl adjacent to an activating group) is 1. The summed E-state index contributed by atoms with van der Waals surface area (Å²) in [5.41, 5.74) is 0.589. The number of aliphatic hydroxyl groups is 1. The van der Waals surface area contributed by atoms with Crippen LogP contribution < -0.4 is 4.90 Å². The van der Waals surface area contributed by atoms with Crippen LogP contribution in [-0.2, 0) is 0 Å². The molecule has 1 heterocycles. The molecule has 0 aromatic heterocycles. The Morgan fingerprint density at radius 1 is 1.52 bits per heavy atom. The maximum Gasteiger partial charge on any atom is 0.280 e. The monoisotopic (exact) mass is 293 g/mol. The lowest BCUT2D eigenvalue weighted by Crippen LogP contribution is -2.37. The van der Waals surface area contributed by atoms with Crippen LogP contribution in [0.5, 0.6) is 0 Å². The van der Waals surface area contributed by atoms with Gasteiger partial charge in [-0.2, -0.15) is 0 Å². The fourth-order valence-corrected chi connectivity index (χ4v) is 2.78. The third kappa shape index (κ3) is 3.37. The number of hydrogen-bond acceptors (Lipinski definition) is 6. The van der Waals surface area contributed by atoms with Crippen molar-refractivity contribution in [2.75, 3.05) is 32.1 Å². The largest absolute Gasteiger partial charge is 0.391 e. The molecule has 21 heavy (non-hydrogen) atoms. The number of β-amino-alcohol motifs (C(OH)–C–C–N with tert-alkyl or cyclic N) is 1. The van der Waals surface area contributed by atoms with Gasteiger partial charge in [0.25, 0.3) is 5.69 Å². The molecular weight excluding hydrogens is 274 g/mol. The molecule has 1 aliphatic heterocycles. The average molecular weight is 293 g/mol. The third-order valence-electron chi connectivity index (χ3n) is 3.63. The number of aliphatic hydroxyl groups excluding tert-OH is 1. The van der Waals surface area contributed by atoms with Crippen molar-refractivity contribution in [3.63, 3.8) is 0 Å². The van der Waals surface area contributed by atoms with Crippen LogP contribution >= 0.6 is 0 Å². The zero-order valence-electron chi connectivity index (χ0n) is 12.1. The number of aldehydes is 1. The lowest BCUT2D eigenvalue weighted by Gasteiger charge is -2.28. The van der Waals surface area contributed by atoms with Crippen molar-refractivity contribution < 1.29 is 14.8 Å². The minimum atomic E-state index is -0.566. The molecule has 0 saturated carbocycles. The van der Waals surface area contributed by atoms with Gasteiger partial charge in [-0.05, 0) is 32.6 Å². The summed E-state index contributed by atoms with van der Waals surface area (Å²) in [6, 6.07) is 4.62. The zero-order valence-corrected chi connectivity index (χ0v) is 12.1. The van der Waals surface area contributed by atoms with E-state index < -0.39 is 11.0 Å². The third-order valence-corrected chi connectivity index (χ3v) is 3.63. The maximum atomic E-state index is 11.0. The summed E-state index contributed by atoms with van der Waals surface area (Å²) in [5.74, 6) is 0. The second-order valence-electron chi connectivity index (χ2n) is 5.58. The lowest BCUT2D eigenvalue weighted by atomic mass is 10.1. The molecule has 1 aromatic carbocycles. The first kappa shape index (κ1) is 15.4. The predicted octanol–water partition coefficient (Wildman–Crippen LogP) is 0.909. The smallest absolute Gasteiger partial charge is 0.280 e. The van der Waals surface area contributed by atoms with E-state index in [9.17, 15) is 20.0 Å². The van der Waals surface area contributed by atoms with Gasteiger partial charge in [-0.3, -0.25) is 14.9 Å². The van der Waals surface area contributed by atoms with Gasteiger partial charge in [0.15, 0.2) is 6.29 Å². The van der Waals surface area contributed by atoms with Crippen LogP contribution in [0.4, 0.5) is 11.4 Å². The Balaban J connectivity index is 2.31. The van der Waals surface area contributed by atoms with Gasteiger partial charge in [-0.1, -0.05) is 0 Å². The van der Waals surface area contributed by atoms with E-state index in [1.807, 2.05) is 23.9 Å². The van der Waals surface area contributed by atoms with Crippen LogP contribution in [0.3, 0.4) is 0 Å². The number of rotatable bonds is 5. The minimum Gasteiger partial charge on any atom is -0.391 e. The Kier molecular flexibility index (Phi) is 4.54. The number of anilines is 1. The molecule has 0 bridgehead atoms. The maximum absolute atomic E-state index is 11.0. The molecule has 2 unspecified atom stereocenters. The van der Waals surface area contributed by atoms with Crippen molar-refractivity contribution in [2.45, 2.75) is 18.6 Å². The Morgan fingerprint density at radius 2 is 2.24 bits per heavy atom. The average Bonchev–Trinajstić information content (AvgIpc) is 2.77. The number of benzene rings is 1. The van der Waals surface area contributed by atoms with E-state index in [4.69, 9.17) is 0 Å². The summed E-state index contributed by atoms with van der Waals surface area (Å²) in [4.78, 5) is 25.4. The van der Waals surface area contributed by atoms with E-state index in [0.717, 1.165) is 12.2 Å². The van der Waals surface area contributed by atoms with Crippen molar-refractivity contribution in [2.24, 2.45) is 0 Å². The molecule has 1 aliphatic rings. The molecule has 7 nitrogen and oxygen atoms in total. The second-order valence-corrected chi connectivity index (χ2v) is 5.58. The predicted molar refractivity (Wildman–Crippen MR) is 78.8 cm³/mol. The first-order chi connectivity index (χ1) is 9.92. The topological polar surface area (TPSA) is 86.9 Å². The Bertz CT molecular complexity index is 547. The van der Waals surface area contributed by atoms with Gasteiger partial charge in [-0.15, -0.1) is 0 Å². The summed E-state index contributed by atoms with van der Waals surface area (Å²) < 4.78 is 0. The molecule has 1 N–H and O–H groups in total. The molecule has 114 valence electrons. The van der Waals surface area contributed by atoms with Gasteiger partial charge in [0.05, 0.1) is 16.6 Å². The second kappa shape index (κ2) is 6.19. The van der Waals surface area contributed by atoms with Gasteiger partial charge in [0.2, 0.25) is 0 Å². The van der Waals surface area contributed by atoms with Gasteiger partial charge in [0, 0.05) is 30.9 Å². The van der Waals surface area contributed by atoms with E-state index in [1.54, 1.807) is 6.07 Å². The highest BCUT2D eigenvalue weighted by molar-refractivity contribution is 5.83. The zero-order chi connectivity index (χ0) is 15.6. The lowest BCUT2D eigenvalue weighted by molar-refractivity contribution is -0.385. The number of nitrogens with zero attached hydrogens (tertiary/aromatic N) is 3. The van der Waals surface area contributed by atoms with Gasteiger partial charge < -0.3 is 14.9 Å². The molecule has 1 aromatic rings. The molecule has 0 aliphatic carbocycles. The molecule has 2 atom stereocenters. The molecule has 2 rings (SSSR count). The summed E-state index contributed by atoms with van der Waals surface area (Å²) in [6.07, 6.45) is 0.713. The van der Waals surface area contributed by atoms with Gasteiger partial charge >= 0.3 is 0 Å². The molecular formula is C14H19N3O4. The Hall–Kier alpha value is -1.99. The van der Waals surface area contributed by atoms with Crippen molar-refractivity contribution in [3.8, 4) is 0 Å². The van der Waals surface area contributed by atoms with Crippen LogP contribution in [0.25, 0.3) is 0 Å². The molecule has 0 amide bonds. The number of nitro groups is 1. The number of hydrogen-bond donors (Lipinski definition) is 1. The number of carbonyl (C=O) groups is 1. The van der Waals surface area contributed by atoms with Crippen molar-refractivity contribution in [1.29, 1.82) is 0 Å². The quantitative estimate of drug-likeness (QED) is 0.493. The highest BCUT2D eigenvalue weighted by atomic mass is 16.6. The molecule has 0 radical (unpaired) electrons. The minimum absolute atomic E-state index is 0.0579. The Morgan fingerprint density at radius 3 is 2.81 bits per heavy atom. The summed E-state index contributed by atoms with van der Waals surface area (Å²) in [6.45, 7) is 1.24. The summed E-state index contributed by atoms with van der Waals surface area (Å²) >= 11 is 0. The first-order valence-corrected chi connectivity index (χ1v) is 6.75. The SMILES string of the molecule is CN(C)CC1CC(O)CN1c1ccc([N+](=O)[O-])c(C=O)c1. The van der Waals surface area contributed by atoms with Crippen LogP contribution in [0, 0.1) is 10.1 Å². The van der Waals surface area contributed by atoms with Gasteiger partial charge in [0.1, 0.15) is 0 Å². The fraction of sp³-hybridized carbons (Fsp3) is 0.500. The number of nitro benzene ring substituents is 1. The van der Waals surface area contributed by atoms with E-state index in [1.165, 1.54) is 12.1 Å². The molecule has 7 heteroatoms. The first-order valence-electron chi connectivity index (χ1n) is 6.75. The van der Waals surface area contributed by atoms with Crippen LogP contribution in [0.1, 0.15) is 16.8 Å². The highest BCUT2D eigenvalue weighted by Crippen LogP contribution is 2.29. The van der Waals surface area contributed by atoms with Gasteiger partial charge in [-0.25, -0.2) is 0 Å². The molecule has 0 spiro atoms. The summed E-state index contributed by atoms with van der Waals surface area (Å²) in [5, 5.41) is 20.7. The Labute approximate surface area is 122 Å². The van der Waals surface area contributed by atoms with Crippen LogP contribution in [0.2, 0.25) is 0 Å². The van der Waals surface area contributed by atoms with Crippen molar-refractivity contribution in [1.82, 2.24) is 4.90 Å². The normalized spacial score (nSPS) is 21.8.